The van der Waals surface area contributed by atoms with Crippen molar-refractivity contribution in [1.82, 2.24) is 4.90 Å². The first-order chi connectivity index (χ1) is 16.9. The third kappa shape index (κ3) is 5.09. The third-order valence-corrected chi connectivity index (χ3v) is 5.61. The van der Waals surface area contributed by atoms with Gasteiger partial charge in [0, 0.05) is 12.2 Å². The van der Waals surface area contributed by atoms with E-state index in [0.29, 0.717) is 17.7 Å². The van der Waals surface area contributed by atoms with E-state index in [1.807, 2.05) is 36.4 Å². The van der Waals surface area contributed by atoms with Crippen molar-refractivity contribution in [3.63, 3.8) is 0 Å². The van der Waals surface area contributed by atoms with Crippen molar-refractivity contribution in [3.05, 3.63) is 101 Å². The number of carbonyl (C=O) groups excluding carboxylic acids is 4. The molecule has 0 aromatic heterocycles. The maximum atomic E-state index is 12.9. The number of fused-ring (bicyclic) bond motifs is 1. The second-order valence-electron chi connectivity index (χ2n) is 7.98. The van der Waals surface area contributed by atoms with Gasteiger partial charge in [-0.3, -0.25) is 19.3 Å². The number of hydrogen-bond donors (Lipinski definition) is 1. The zero-order valence-corrected chi connectivity index (χ0v) is 18.9. The summed E-state index contributed by atoms with van der Waals surface area (Å²) in [5.74, 6) is -2.22. The van der Waals surface area contributed by atoms with Crippen LogP contribution in [0.3, 0.4) is 0 Å². The largest absolute Gasteiger partial charge is 0.449 e. The highest BCUT2D eigenvalue weighted by molar-refractivity contribution is 6.22. The average Bonchev–Trinajstić information content (AvgIpc) is 3.12. The molecule has 1 N–H and O–H groups in total. The van der Waals surface area contributed by atoms with Crippen LogP contribution in [-0.2, 0) is 16.0 Å². The average molecular weight is 467 g/mol. The van der Waals surface area contributed by atoms with E-state index in [0.717, 1.165) is 5.56 Å². The number of carbonyl (C=O) groups is 4. The molecule has 3 amide bonds. The second-order valence-corrected chi connectivity index (χ2v) is 7.98. The number of rotatable bonds is 7. The summed E-state index contributed by atoms with van der Waals surface area (Å²) >= 11 is 0. The molecule has 4 rings (SSSR count). The number of benzene rings is 3. The quantitative estimate of drug-likeness (QED) is 0.419. The highest BCUT2D eigenvalue weighted by Gasteiger charge is 2.36. The predicted molar refractivity (Wildman–Crippen MR) is 127 cm³/mol. The molecular weight excluding hydrogens is 446 g/mol. The van der Waals surface area contributed by atoms with E-state index in [4.69, 9.17) is 10.00 Å². The highest BCUT2D eigenvalue weighted by atomic mass is 16.5. The minimum atomic E-state index is -1.12. The second kappa shape index (κ2) is 10.0. The molecule has 174 valence electrons. The van der Waals surface area contributed by atoms with Crippen molar-refractivity contribution in [2.45, 2.75) is 19.4 Å². The van der Waals surface area contributed by atoms with Crippen LogP contribution in [-0.4, -0.2) is 41.2 Å². The van der Waals surface area contributed by atoms with Gasteiger partial charge >= 0.3 is 5.97 Å². The van der Waals surface area contributed by atoms with Crippen LogP contribution >= 0.6 is 0 Å². The number of nitrogens with one attached hydrogen (secondary N) is 1. The molecule has 1 heterocycles. The van der Waals surface area contributed by atoms with Crippen molar-refractivity contribution in [3.8, 4) is 6.07 Å². The lowest BCUT2D eigenvalue weighted by Gasteiger charge is -2.14. The van der Waals surface area contributed by atoms with Gasteiger partial charge in [-0.05, 0) is 61.4 Å². The molecule has 1 aliphatic heterocycles. The molecule has 1 aliphatic rings. The minimum absolute atomic E-state index is 0.0628. The molecule has 0 radical (unpaired) electrons. The lowest BCUT2D eigenvalue weighted by molar-refractivity contribution is -0.123. The Labute approximate surface area is 201 Å². The maximum absolute atomic E-state index is 12.9. The Morgan fingerprint density at radius 1 is 0.971 bits per heavy atom. The molecule has 0 bridgehead atoms. The number of esters is 1. The van der Waals surface area contributed by atoms with Crippen LogP contribution < -0.4 is 5.32 Å². The first-order valence-corrected chi connectivity index (χ1v) is 10.9. The van der Waals surface area contributed by atoms with E-state index < -0.39 is 29.8 Å². The van der Waals surface area contributed by atoms with Crippen LogP contribution in [0.2, 0.25) is 0 Å². The van der Waals surface area contributed by atoms with Crippen molar-refractivity contribution in [2.24, 2.45) is 0 Å². The molecule has 3 aromatic rings. The van der Waals surface area contributed by atoms with Crippen LogP contribution in [0.1, 0.15) is 49.1 Å². The topological polar surface area (TPSA) is 117 Å². The normalized spacial score (nSPS) is 13.1. The molecule has 0 spiro atoms. The van der Waals surface area contributed by atoms with Gasteiger partial charge in [-0.1, -0.05) is 30.3 Å². The van der Waals surface area contributed by atoms with Gasteiger partial charge in [-0.2, -0.15) is 5.26 Å². The molecule has 0 aliphatic carbocycles. The van der Waals surface area contributed by atoms with Gasteiger partial charge < -0.3 is 10.1 Å². The Hall–Kier alpha value is -4.77. The van der Waals surface area contributed by atoms with Gasteiger partial charge in [0.25, 0.3) is 17.7 Å². The molecule has 0 saturated heterocycles. The monoisotopic (exact) mass is 467 g/mol. The summed E-state index contributed by atoms with van der Waals surface area (Å²) in [4.78, 5) is 51.7. The van der Waals surface area contributed by atoms with Crippen molar-refractivity contribution in [1.29, 1.82) is 5.26 Å². The summed E-state index contributed by atoms with van der Waals surface area (Å²) in [5.41, 5.74) is 2.33. The Bertz CT molecular complexity index is 1340. The van der Waals surface area contributed by atoms with Gasteiger partial charge in [-0.15, -0.1) is 0 Å². The summed E-state index contributed by atoms with van der Waals surface area (Å²) in [7, 11) is 0. The Balaban J connectivity index is 1.40. The van der Waals surface area contributed by atoms with E-state index in [9.17, 15) is 19.2 Å². The lowest BCUT2D eigenvalue weighted by atomic mass is 10.1. The number of hydrogen-bond acceptors (Lipinski definition) is 6. The molecule has 8 nitrogen and oxygen atoms in total. The fourth-order valence-corrected chi connectivity index (χ4v) is 3.66. The smallest absolute Gasteiger partial charge is 0.338 e. The van der Waals surface area contributed by atoms with Crippen LogP contribution in [0.4, 0.5) is 5.69 Å². The Morgan fingerprint density at radius 2 is 1.66 bits per heavy atom. The van der Waals surface area contributed by atoms with Crippen LogP contribution in [0.5, 0.6) is 0 Å². The molecule has 0 saturated carbocycles. The first-order valence-electron chi connectivity index (χ1n) is 10.9. The van der Waals surface area contributed by atoms with E-state index in [1.165, 1.54) is 30.0 Å². The fourth-order valence-electron chi connectivity index (χ4n) is 3.66. The Morgan fingerprint density at radius 3 is 2.34 bits per heavy atom. The van der Waals surface area contributed by atoms with Crippen LogP contribution in [0, 0.1) is 11.3 Å². The highest BCUT2D eigenvalue weighted by Crippen LogP contribution is 2.25. The summed E-state index contributed by atoms with van der Waals surface area (Å²) in [6.45, 7) is 1.65. The van der Waals surface area contributed by atoms with Gasteiger partial charge in [0.05, 0.1) is 28.3 Å². The molecule has 3 aromatic carbocycles. The van der Waals surface area contributed by atoms with E-state index in [2.05, 4.69) is 5.32 Å². The SMILES string of the molecule is CC(OC(=O)c1ccc2c(c1)C(=O)N(CCc1ccccc1)C2=O)C(=O)Nc1ccc(C#N)cc1. The van der Waals surface area contributed by atoms with Crippen molar-refractivity contribution in [2.75, 3.05) is 11.9 Å². The standard InChI is InChI=1S/C27H21N3O5/c1-17(24(31)29-21-10-7-19(16-28)8-11-21)35-27(34)20-9-12-22-23(15-20)26(33)30(25(22)32)14-13-18-5-3-2-4-6-18/h2-12,15,17H,13-14H2,1H3,(H,29,31). The maximum Gasteiger partial charge on any atom is 0.338 e. The number of nitrogens with zero attached hydrogens (tertiary/aromatic N) is 2. The Kier molecular flexibility index (Phi) is 6.69. The number of amides is 3. The summed E-state index contributed by atoms with van der Waals surface area (Å²) < 4.78 is 5.26. The molecule has 0 fully saturated rings. The summed E-state index contributed by atoms with van der Waals surface area (Å²) in [6.07, 6.45) is -0.598. The van der Waals surface area contributed by atoms with Crippen LogP contribution in [0.25, 0.3) is 0 Å². The van der Waals surface area contributed by atoms with Crippen molar-refractivity contribution < 1.29 is 23.9 Å². The molecular formula is C27H21N3O5. The number of ether oxygens (including phenoxy) is 1. The summed E-state index contributed by atoms with van der Waals surface area (Å²) in [6, 6.07) is 21.9. The number of imide groups is 1. The summed E-state index contributed by atoms with van der Waals surface area (Å²) in [5, 5.41) is 11.5. The zero-order valence-electron chi connectivity index (χ0n) is 18.9. The molecule has 35 heavy (non-hydrogen) atoms. The van der Waals surface area contributed by atoms with Crippen molar-refractivity contribution >= 4 is 29.4 Å². The molecule has 1 atom stereocenters. The number of anilines is 1. The van der Waals surface area contributed by atoms with E-state index >= 15 is 0 Å². The van der Waals surface area contributed by atoms with Gasteiger partial charge in [0.1, 0.15) is 0 Å². The van der Waals surface area contributed by atoms with Gasteiger partial charge in [0.2, 0.25) is 0 Å². The van der Waals surface area contributed by atoms with Gasteiger partial charge in [-0.25, -0.2) is 4.79 Å². The number of nitriles is 1. The van der Waals surface area contributed by atoms with E-state index in [-0.39, 0.29) is 23.2 Å². The molecule has 8 heteroatoms. The predicted octanol–water partition coefficient (Wildman–Crippen LogP) is 3.58. The zero-order chi connectivity index (χ0) is 24.9. The molecule has 1 unspecified atom stereocenters. The minimum Gasteiger partial charge on any atom is -0.449 e. The van der Waals surface area contributed by atoms with E-state index in [1.54, 1.807) is 24.3 Å². The third-order valence-electron chi connectivity index (χ3n) is 5.61. The lowest BCUT2D eigenvalue weighted by Crippen LogP contribution is -2.31. The van der Waals surface area contributed by atoms with Crippen LogP contribution in [0.15, 0.2) is 72.8 Å². The van der Waals surface area contributed by atoms with Gasteiger partial charge in [0.15, 0.2) is 6.10 Å². The fraction of sp³-hybridized carbons (Fsp3) is 0.148. The first kappa shape index (κ1) is 23.4.